The van der Waals surface area contributed by atoms with Crippen LogP contribution in [0, 0.1) is 12.9 Å². The number of pyridine rings is 1. The number of aryl methyl sites for hydroxylation is 1. The van der Waals surface area contributed by atoms with Crippen molar-refractivity contribution in [2.24, 2.45) is 0 Å². The Morgan fingerprint density at radius 2 is 2.33 bits per heavy atom. The largest absolute Gasteiger partial charge is 0.363 e. The van der Waals surface area contributed by atoms with E-state index in [-0.39, 0.29) is 0 Å². The Kier molecular flexibility index (Phi) is 2.91. The van der Waals surface area contributed by atoms with Crippen molar-refractivity contribution in [1.82, 2.24) is 9.97 Å². The van der Waals surface area contributed by atoms with E-state index in [1.165, 1.54) is 10.9 Å². The van der Waals surface area contributed by atoms with E-state index in [2.05, 4.69) is 15.3 Å². The fourth-order valence-corrected chi connectivity index (χ4v) is 1.88. The standard InChI is InChI=1S/C10H10FN3S/c1-7-5-13-10(15-7)6-12-9-4-2-3-8(11)14-9/h2-5H,6H2,1H3,(H,12,14). The molecule has 0 unspecified atom stereocenters. The van der Waals surface area contributed by atoms with Crippen molar-refractivity contribution in [2.45, 2.75) is 13.5 Å². The smallest absolute Gasteiger partial charge is 0.214 e. The van der Waals surface area contributed by atoms with Gasteiger partial charge in [0.15, 0.2) is 0 Å². The highest BCUT2D eigenvalue weighted by atomic mass is 32.1. The van der Waals surface area contributed by atoms with Gasteiger partial charge in [0.05, 0.1) is 6.54 Å². The first-order chi connectivity index (χ1) is 7.24. The number of aromatic nitrogens is 2. The molecule has 0 aliphatic rings. The van der Waals surface area contributed by atoms with Gasteiger partial charge in [-0.05, 0) is 19.1 Å². The zero-order chi connectivity index (χ0) is 10.7. The van der Waals surface area contributed by atoms with Crippen LogP contribution in [0.5, 0.6) is 0 Å². The molecule has 1 N–H and O–H groups in total. The number of nitrogens with one attached hydrogen (secondary N) is 1. The van der Waals surface area contributed by atoms with Crippen LogP contribution < -0.4 is 5.32 Å². The molecule has 15 heavy (non-hydrogen) atoms. The highest BCUT2D eigenvalue weighted by Crippen LogP contribution is 2.12. The lowest BCUT2D eigenvalue weighted by molar-refractivity contribution is 0.585. The summed E-state index contributed by atoms with van der Waals surface area (Å²) in [6.07, 6.45) is 1.82. The van der Waals surface area contributed by atoms with Crippen LogP contribution in [0.3, 0.4) is 0 Å². The first-order valence-corrected chi connectivity index (χ1v) is 5.33. The minimum Gasteiger partial charge on any atom is -0.363 e. The van der Waals surface area contributed by atoms with E-state index in [4.69, 9.17) is 0 Å². The molecule has 0 amide bonds. The summed E-state index contributed by atoms with van der Waals surface area (Å²) in [5, 5.41) is 3.98. The SMILES string of the molecule is Cc1cnc(CNc2cccc(F)n2)s1. The van der Waals surface area contributed by atoms with E-state index in [0.29, 0.717) is 12.4 Å². The summed E-state index contributed by atoms with van der Waals surface area (Å²) in [4.78, 5) is 9.05. The van der Waals surface area contributed by atoms with Gasteiger partial charge in [0.2, 0.25) is 5.95 Å². The van der Waals surface area contributed by atoms with Crippen LogP contribution in [0.15, 0.2) is 24.4 Å². The van der Waals surface area contributed by atoms with Crippen LogP contribution in [0.2, 0.25) is 0 Å². The molecule has 0 spiro atoms. The molecule has 78 valence electrons. The van der Waals surface area contributed by atoms with Crippen molar-refractivity contribution in [3.8, 4) is 0 Å². The van der Waals surface area contributed by atoms with Crippen molar-refractivity contribution in [3.05, 3.63) is 40.2 Å². The summed E-state index contributed by atoms with van der Waals surface area (Å²) in [5.41, 5.74) is 0. The highest BCUT2D eigenvalue weighted by molar-refractivity contribution is 7.11. The van der Waals surface area contributed by atoms with Gasteiger partial charge in [-0.2, -0.15) is 4.39 Å². The zero-order valence-electron chi connectivity index (χ0n) is 8.20. The highest BCUT2D eigenvalue weighted by Gasteiger charge is 1.99. The Labute approximate surface area is 91.0 Å². The number of thiazole rings is 1. The van der Waals surface area contributed by atoms with E-state index in [1.807, 2.05) is 13.1 Å². The number of hydrogen-bond donors (Lipinski definition) is 1. The number of nitrogens with zero attached hydrogens (tertiary/aromatic N) is 2. The van der Waals surface area contributed by atoms with Gasteiger partial charge < -0.3 is 5.32 Å². The third-order valence-corrected chi connectivity index (χ3v) is 2.72. The molecule has 2 aromatic heterocycles. The van der Waals surface area contributed by atoms with Crippen LogP contribution >= 0.6 is 11.3 Å². The summed E-state index contributed by atoms with van der Waals surface area (Å²) in [6, 6.07) is 4.67. The third-order valence-electron chi connectivity index (χ3n) is 1.80. The molecule has 0 bridgehead atoms. The molecule has 0 fully saturated rings. The van der Waals surface area contributed by atoms with E-state index in [0.717, 1.165) is 5.01 Å². The van der Waals surface area contributed by atoms with Crippen LogP contribution in [0.1, 0.15) is 9.88 Å². The van der Waals surface area contributed by atoms with Crippen LogP contribution in [-0.2, 0) is 6.54 Å². The van der Waals surface area contributed by atoms with E-state index >= 15 is 0 Å². The second-order valence-corrected chi connectivity index (χ2v) is 4.38. The van der Waals surface area contributed by atoms with Gasteiger partial charge in [0, 0.05) is 11.1 Å². The second kappa shape index (κ2) is 4.35. The second-order valence-electron chi connectivity index (χ2n) is 3.06. The van der Waals surface area contributed by atoms with Gasteiger partial charge in [-0.15, -0.1) is 11.3 Å². The summed E-state index contributed by atoms with van der Waals surface area (Å²) in [7, 11) is 0. The van der Waals surface area contributed by atoms with Crippen molar-refractivity contribution < 1.29 is 4.39 Å². The molecule has 0 saturated carbocycles. The Morgan fingerprint density at radius 1 is 1.47 bits per heavy atom. The molecule has 2 rings (SSSR count). The lowest BCUT2D eigenvalue weighted by Gasteiger charge is -2.02. The predicted molar refractivity (Wildman–Crippen MR) is 58.4 cm³/mol. The minimum absolute atomic E-state index is 0.477. The Morgan fingerprint density at radius 3 is 3.00 bits per heavy atom. The lowest BCUT2D eigenvalue weighted by Crippen LogP contribution is -2.01. The molecule has 0 saturated heterocycles. The van der Waals surface area contributed by atoms with Crippen molar-refractivity contribution in [1.29, 1.82) is 0 Å². The van der Waals surface area contributed by atoms with Crippen LogP contribution in [0.4, 0.5) is 10.2 Å². The molecule has 0 aromatic carbocycles. The van der Waals surface area contributed by atoms with E-state index in [9.17, 15) is 4.39 Å². The number of halogens is 1. The minimum atomic E-state index is -0.477. The zero-order valence-corrected chi connectivity index (χ0v) is 9.01. The maximum absolute atomic E-state index is 12.7. The Balaban J connectivity index is 1.99. The average molecular weight is 223 g/mol. The molecule has 2 heterocycles. The van der Waals surface area contributed by atoms with Gasteiger partial charge in [0.25, 0.3) is 0 Å². The molecule has 5 heteroatoms. The Hall–Kier alpha value is -1.49. The average Bonchev–Trinajstić information content (AvgIpc) is 2.62. The lowest BCUT2D eigenvalue weighted by atomic mass is 10.4. The molecular formula is C10H10FN3S. The topological polar surface area (TPSA) is 37.8 Å². The Bertz CT molecular complexity index is 455. The monoisotopic (exact) mass is 223 g/mol. The molecule has 0 aliphatic carbocycles. The van der Waals surface area contributed by atoms with E-state index in [1.54, 1.807) is 23.5 Å². The fraction of sp³-hybridized carbons (Fsp3) is 0.200. The van der Waals surface area contributed by atoms with Crippen molar-refractivity contribution >= 4 is 17.2 Å². The normalized spacial score (nSPS) is 10.3. The molecule has 0 atom stereocenters. The fourth-order valence-electron chi connectivity index (χ4n) is 1.16. The first kappa shape index (κ1) is 10.0. The van der Waals surface area contributed by atoms with Gasteiger partial charge in [-0.25, -0.2) is 9.97 Å². The van der Waals surface area contributed by atoms with Crippen LogP contribution in [0.25, 0.3) is 0 Å². The summed E-state index contributed by atoms with van der Waals surface area (Å²) >= 11 is 1.62. The summed E-state index contributed by atoms with van der Waals surface area (Å²) < 4.78 is 12.7. The third kappa shape index (κ3) is 2.73. The first-order valence-electron chi connectivity index (χ1n) is 4.52. The maximum atomic E-state index is 12.7. The molecule has 0 radical (unpaired) electrons. The van der Waals surface area contributed by atoms with Crippen molar-refractivity contribution in [3.63, 3.8) is 0 Å². The molecule has 3 nitrogen and oxygen atoms in total. The van der Waals surface area contributed by atoms with Crippen molar-refractivity contribution in [2.75, 3.05) is 5.32 Å². The maximum Gasteiger partial charge on any atom is 0.214 e. The molecule has 2 aromatic rings. The van der Waals surface area contributed by atoms with Gasteiger partial charge >= 0.3 is 0 Å². The van der Waals surface area contributed by atoms with Gasteiger partial charge in [-0.1, -0.05) is 6.07 Å². The molecule has 0 aliphatic heterocycles. The number of anilines is 1. The predicted octanol–water partition coefficient (Wildman–Crippen LogP) is 2.60. The number of hydrogen-bond acceptors (Lipinski definition) is 4. The number of rotatable bonds is 3. The van der Waals surface area contributed by atoms with Crippen LogP contribution in [-0.4, -0.2) is 9.97 Å². The quantitative estimate of drug-likeness (QED) is 0.813. The summed E-state index contributed by atoms with van der Waals surface area (Å²) in [5.74, 6) is 0.0539. The van der Waals surface area contributed by atoms with Gasteiger partial charge in [-0.3, -0.25) is 0 Å². The molecular weight excluding hydrogens is 213 g/mol. The van der Waals surface area contributed by atoms with Gasteiger partial charge in [0.1, 0.15) is 10.8 Å². The van der Waals surface area contributed by atoms with E-state index < -0.39 is 5.95 Å². The summed E-state index contributed by atoms with van der Waals surface area (Å²) in [6.45, 7) is 2.58.